The van der Waals surface area contributed by atoms with Gasteiger partial charge in [-0.2, -0.15) is 0 Å². The number of rotatable bonds is 3. The highest BCUT2D eigenvalue weighted by atomic mass is 35.5. The van der Waals surface area contributed by atoms with Crippen molar-refractivity contribution in [1.82, 2.24) is 0 Å². The molecule has 0 unspecified atom stereocenters. The van der Waals surface area contributed by atoms with Crippen LogP contribution in [0.1, 0.15) is 22.8 Å². The summed E-state index contributed by atoms with van der Waals surface area (Å²) in [5.74, 6) is -0.976. The van der Waals surface area contributed by atoms with Gasteiger partial charge in [0.25, 0.3) is 5.91 Å². The summed E-state index contributed by atoms with van der Waals surface area (Å²) < 4.78 is 5.29. The maximum atomic E-state index is 12.6. The zero-order valence-electron chi connectivity index (χ0n) is 13.0. The van der Waals surface area contributed by atoms with E-state index in [0.717, 1.165) is 17.7 Å². The van der Waals surface area contributed by atoms with E-state index in [0.29, 0.717) is 6.54 Å². The lowest BCUT2D eigenvalue weighted by atomic mass is 10.2. The van der Waals surface area contributed by atoms with Gasteiger partial charge in [-0.05, 0) is 37.1 Å². The fourth-order valence-corrected chi connectivity index (χ4v) is 3.30. The summed E-state index contributed by atoms with van der Waals surface area (Å²) in [6, 6.07) is 12.4. The normalized spacial score (nSPS) is 14.2. The molecule has 0 saturated heterocycles. The highest BCUT2D eigenvalue weighted by Crippen LogP contribution is 2.29. The first kappa shape index (κ1) is 16.8. The number of para-hydroxylation sites is 1. The quantitative estimate of drug-likeness (QED) is 0.770. The van der Waals surface area contributed by atoms with E-state index in [-0.39, 0.29) is 21.5 Å². The number of hydrogen-bond donors (Lipinski definition) is 0. The SMILES string of the molecule is C[C@H](OC(=O)c1c(Cl)cccc1Cl)C(=O)N1CCc2ccccc21. The molecule has 6 heteroatoms. The Morgan fingerprint density at radius 1 is 1.08 bits per heavy atom. The maximum Gasteiger partial charge on any atom is 0.341 e. The number of amides is 1. The van der Waals surface area contributed by atoms with Crippen LogP contribution in [0.2, 0.25) is 10.0 Å². The third kappa shape index (κ3) is 3.12. The first-order valence-electron chi connectivity index (χ1n) is 7.53. The molecule has 0 saturated carbocycles. The third-order valence-electron chi connectivity index (χ3n) is 3.95. The Balaban J connectivity index is 1.75. The molecule has 1 aliphatic rings. The number of esters is 1. The number of fused-ring (bicyclic) bond motifs is 1. The van der Waals surface area contributed by atoms with Crippen LogP contribution in [0.4, 0.5) is 5.69 Å². The molecule has 124 valence electrons. The van der Waals surface area contributed by atoms with Gasteiger partial charge in [-0.15, -0.1) is 0 Å². The van der Waals surface area contributed by atoms with E-state index in [2.05, 4.69) is 0 Å². The summed E-state index contributed by atoms with van der Waals surface area (Å²) in [6.45, 7) is 2.12. The monoisotopic (exact) mass is 363 g/mol. The number of nitrogens with zero attached hydrogens (tertiary/aromatic N) is 1. The van der Waals surface area contributed by atoms with Gasteiger partial charge >= 0.3 is 5.97 Å². The Kier molecular flexibility index (Phi) is 4.78. The molecule has 24 heavy (non-hydrogen) atoms. The van der Waals surface area contributed by atoms with Gasteiger partial charge in [0, 0.05) is 12.2 Å². The second kappa shape index (κ2) is 6.83. The van der Waals surface area contributed by atoms with E-state index in [4.69, 9.17) is 27.9 Å². The first-order chi connectivity index (χ1) is 11.5. The highest BCUT2D eigenvalue weighted by molar-refractivity contribution is 6.39. The molecule has 0 aromatic heterocycles. The summed E-state index contributed by atoms with van der Waals surface area (Å²) in [7, 11) is 0. The molecule has 1 amide bonds. The lowest BCUT2D eigenvalue weighted by molar-refractivity contribution is -0.126. The Labute approximate surface area is 149 Å². The van der Waals surface area contributed by atoms with Crippen LogP contribution in [0.3, 0.4) is 0 Å². The van der Waals surface area contributed by atoms with Crippen molar-refractivity contribution < 1.29 is 14.3 Å². The Morgan fingerprint density at radius 2 is 1.75 bits per heavy atom. The van der Waals surface area contributed by atoms with Crippen molar-refractivity contribution in [1.29, 1.82) is 0 Å². The van der Waals surface area contributed by atoms with Crippen LogP contribution >= 0.6 is 23.2 Å². The summed E-state index contributed by atoms with van der Waals surface area (Å²) in [5, 5.41) is 0.386. The largest absolute Gasteiger partial charge is 0.449 e. The van der Waals surface area contributed by atoms with E-state index in [1.807, 2.05) is 24.3 Å². The molecule has 0 spiro atoms. The molecule has 0 bridgehead atoms. The van der Waals surface area contributed by atoms with E-state index in [1.54, 1.807) is 30.0 Å². The summed E-state index contributed by atoms with van der Waals surface area (Å²) in [5.41, 5.74) is 2.04. The average Bonchev–Trinajstić information content (AvgIpc) is 2.97. The van der Waals surface area contributed by atoms with Crippen molar-refractivity contribution >= 4 is 40.8 Å². The van der Waals surface area contributed by atoms with Gasteiger partial charge in [0.15, 0.2) is 6.10 Å². The Hall–Kier alpha value is -2.04. The minimum Gasteiger partial charge on any atom is -0.449 e. The van der Waals surface area contributed by atoms with Crippen molar-refractivity contribution in [2.45, 2.75) is 19.4 Å². The average molecular weight is 364 g/mol. The number of carbonyl (C=O) groups is 2. The molecule has 1 atom stereocenters. The van der Waals surface area contributed by atoms with Crippen molar-refractivity contribution in [2.75, 3.05) is 11.4 Å². The maximum absolute atomic E-state index is 12.6. The predicted octanol–water partition coefficient (Wildman–Crippen LogP) is 4.13. The van der Waals surface area contributed by atoms with Crippen molar-refractivity contribution in [3.63, 3.8) is 0 Å². The fraction of sp³-hybridized carbons (Fsp3) is 0.222. The minimum absolute atomic E-state index is 0.0716. The van der Waals surface area contributed by atoms with Gasteiger partial charge in [-0.25, -0.2) is 4.79 Å². The molecule has 4 nitrogen and oxygen atoms in total. The van der Waals surface area contributed by atoms with Gasteiger partial charge in [0.1, 0.15) is 0 Å². The number of benzene rings is 2. The second-order valence-corrected chi connectivity index (χ2v) is 6.33. The minimum atomic E-state index is -0.934. The number of halogens is 2. The number of carbonyl (C=O) groups excluding carboxylic acids is 2. The van der Waals surface area contributed by atoms with Crippen molar-refractivity contribution in [3.05, 3.63) is 63.6 Å². The molecule has 1 heterocycles. The Bertz CT molecular complexity index is 786. The number of ether oxygens (including phenoxy) is 1. The first-order valence-corrected chi connectivity index (χ1v) is 8.29. The number of anilines is 1. The zero-order chi connectivity index (χ0) is 17.3. The summed E-state index contributed by atoms with van der Waals surface area (Å²) in [4.78, 5) is 26.6. The third-order valence-corrected chi connectivity index (χ3v) is 4.58. The van der Waals surface area contributed by atoms with E-state index in [9.17, 15) is 9.59 Å². The van der Waals surface area contributed by atoms with Crippen LogP contribution in [-0.4, -0.2) is 24.5 Å². The molecule has 2 aromatic rings. The molecule has 1 aliphatic heterocycles. The van der Waals surface area contributed by atoms with E-state index < -0.39 is 12.1 Å². The second-order valence-electron chi connectivity index (χ2n) is 5.51. The molecule has 0 N–H and O–H groups in total. The molecule has 0 aliphatic carbocycles. The van der Waals surface area contributed by atoms with Gasteiger partial charge < -0.3 is 9.64 Å². The van der Waals surface area contributed by atoms with Crippen LogP contribution in [0, 0.1) is 0 Å². The van der Waals surface area contributed by atoms with Crippen LogP contribution in [-0.2, 0) is 16.0 Å². The van der Waals surface area contributed by atoms with Crippen LogP contribution in [0.15, 0.2) is 42.5 Å². The smallest absolute Gasteiger partial charge is 0.341 e. The summed E-state index contributed by atoms with van der Waals surface area (Å²) in [6.07, 6.45) is -0.144. The molecule has 0 fully saturated rings. The summed E-state index contributed by atoms with van der Waals surface area (Å²) >= 11 is 12.0. The van der Waals surface area contributed by atoms with Crippen LogP contribution < -0.4 is 4.90 Å². The lowest BCUT2D eigenvalue weighted by Gasteiger charge is -2.22. The van der Waals surface area contributed by atoms with Crippen LogP contribution in [0.25, 0.3) is 0 Å². The predicted molar refractivity (Wildman–Crippen MR) is 93.8 cm³/mol. The molecular weight excluding hydrogens is 349 g/mol. The van der Waals surface area contributed by atoms with Crippen molar-refractivity contribution in [3.8, 4) is 0 Å². The zero-order valence-corrected chi connectivity index (χ0v) is 14.5. The molecule has 0 radical (unpaired) electrons. The standard InChI is InChI=1S/C18H15Cl2NO3/c1-11(24-18(23)16-13(19)6-4-7-14(16)20)17(22)21-10-9-12-5-2-3-8-15(12)21/h2-8,11H,9-10H2,1H3/t11-/m0/s1. The lowest BCUT2D eigenvalue weighted by Crippen LogP contribution is -2.39. The van der Waals surface area contributed by atoms with Gasteiger partial charge in [-0.1, -0.05) is 47.5 Å². The van der Waals surface area contributed by atoms with Crippen LogP contribution in [0.5, 0.6) is 0 Å². The number of hydrogen-bond acceptors (Lipinski definition) is 3. The molecular formula is C18H15Cl2NO3. The topological polar surface area (TPSA) is 46.6 Å². The fourth-order valence-electron chi connectivity index (χ4n) is 2.75. The highest BCUT2D eigenvalue weighted by Gasteiger charge is 2.30. The molecule has 2 aromatic carbocycles. The molecule has 3 rings (SSSR count). The van der Waals surface area contributed by atoms with Gasteiger partial charge in [-0.3, -0.25) is 4.79 Å². The van der Waals surface area contributed by atoms with E-state index >= 15 is 0 Å². The van der Waals surface area contributed by atoms with E-state index in [1.165, 1.54) is 0 Å². The Morgan fingerprint density at radius 3 is 2.46 bits per heavy atom. The van der Waals surface area contributed by atoms with Gasteiger partial charge in [0.05, 0.1) is 15.6 Å². The van der Waals surface area contributed by atoms with Gasteiger partial charge in [0.2, 0.25) is 0 Å². The van der Waals surface area contributed by atoms with Crippen molar-refractivity contribution in [2.24, 2.45) is 0 Å².